The fourth-order valence-electron chi connectivity index (χ4n) is 3.38. The third-order valence-corrected chi connectivity index (χ3v) is 4.91. The highest BCUT2D eigenvalue weighted by Gasteiger charge is 2.32. The van der Waals surface area contributed by atoms with E-state index in [9.17, 15) is 24.3 Å². The summed E-state index contributed by atoms with van der Waals surface area (Å²) in [6.07, 6.45) is 2.10. The molecule has 3 amide bonds. The Labute approximate surface area is 177 Å². The number of rotatable bonds is 6. The maximum Gasteiger partial charge on any atom is 0.316 e. The molecule has 0 saturated heterocycles. The third-order valence-electron chi connectivity index (χ3n) is 4.91. The summed E-state index contributed by atoms with van der Waals surface area (Å²) < 4.78 is 5.20. The van der Waals surface area contributed by atoms with Crippen molar-refractivity contribution in [1.29, 1.82) is 0 Å². The summed E-state index contributed by atoms with van der Waals surface area (Å²) in [6.45, 7) is 3.56. The van der Waals surface area contributed by atoms with Gasteiger partial charge in [-0.05, 0) is 31.0 Å². The Morgan fingerprint density at radius 2 is 2.03 bits per heavy atom. The van der Waals surface area contributed by atoms with Gasteiger partial charge in [0.25, 0.3) is 5.91 Å². The average Bonchev–Trinajstić information content (AvgIpc) is 3.05. The number of aliphatic carboxylic acids is 1. The van der Waals surface area contributed by atoms with Gasteiger partial charge in [0.15, 0.2) is 11.8 Å². The predicted molar refractivity (Wildman–Crippen MR) is 109 cm³/mol. The molecule has 0 bridgehead atoms. The summed E-state index contributed by atoms with van der Waals surface area (Å²) in [5.41, 5.74) is 2.76. The largest absolute Gasteiger partial charge is 0.481 e. The van der Waals surface area contributed by atoms with Gasteiger partial charge in [-0.2, -0.15) is 0 Å². The predicted octanol–water partition coefficient (Wildman–Crippen LogP) is 1.70. The number of carbonyl (C=O) groups is 4. The van der Waals surface area contributed by atoms with Gasteiger partial charge in [0, 0.05) is 24.9 Å². The quantitative estimate of drug-likeness (QED) is 0.597. The number of hydrogen-bond donors (Lipinski definition) is 3. The molecule has 31 heavy (non-hydrogen) atoms. The Hall–Kier alpha value is -3.95. The van der Waals surface area contributed by atoms with Gasteiger partial charge in [-0.3, -0.25) is 14.4 Å². The van der Waals surface area contributed by atoms with Gasteiger partial charge in [0.05, 0.1) is 18.2 Å². The Morgan fingerprint density at radius 1 is 1.29 bits per heavy atom. The van der Waals surface area contributed by atoms with Gasteiger partial charge < -0.3 is 25.2 Å². The third kappa shape index (κ3) is 4.80. The smallest absolute Gasteiger partial charge is 0.316 e. The highest BCUT2D eigenvalue weighted by molar-refractivity contribution is 6.14. The summed E-state index contributed by atoms with van der Waals surface area (Å²) in [5.74, 6) is -1.66. The van der Waals surface area contributed by atoms with Crippen LogP contribution in [0.3, 0.4) is 0 Å². The van der Waals surface area contributed by atoms with E-state index < -0.39 is 42.2 Å². The number of aryl methyl sites for hydroxylation is 2. The number of hydrogen-bond acceptors (Lipinski definition) is 6. The summed E-state index contributed by atoms with van der Waals surface area (Å²) in [5, 5.41) is 18.1. The first-order valence-corrected chi connectivity index (χ1v) is 9.48. The number of likely N-dealkylation sites (N-methyl/N-ethyl adjacent to an activating group) is 1. The van der Waals surface area contributed by atoms with Crippen LogP contribution in [-0.2, 0) is 14.4 Å². The van der Waals surface area contributed by atoms with E-state index in [2.05, 4.69) is 15.8 Å². The molecular weight excluding hydrogens is 404 g/mol. The number of nitrogens with zero attached hydrogens (tertiary/aromatic N) is 2. The Balaban J connectivity index is 1.83. The molecule has 1 aliphatic heterocycles. The normalized spacial score (nSPS) is 16.9. The van der Waals surface area contributed by atoms with E-state index >= 15 is 0 Å². The second-order valence-corrected chi connectivity index (χ2v) is 7.19. The zero-order valence-electron chi connectivity index (χ0n) is 17.2. The SMILES string of the molecule is Cc1noc(C)c1-c1cccc(C(CC(=O)O)NC(=O)NC2C(=O)C=CN(C)C2=O)c1. The molecule has 0 saturated carbocycles. The van der Waals surface area contributed by atoms with E-state index in [1.165, 1.54) is 24.2 Å². The van der Waals surface area contributed by atoms with Crippen molar-refractivity contribution in [1.82, 2.24) is 20.7 Å². The highest BCUT2D eigenvalue weighted by atomic mass is 16.5. The lowest BCUT2D eigenvalue weighted by atomic mass is 9.97. The van der Waals surface area contributed by atoms with Crippen LogP contribution in [-0.4, -0.2) is 51.9 Å². The van der Waals surface area contributed by atoms with Crippen LogP contribution < -0.4 is 10.6 Å². The number of aromatic nitrogens is 1. The van der Waals surface area contributed by atoms with Crippen molar-refractivity contribution in [3.8, 4) is 11.1 Å². The highest BCUT2D eigenvalue weighted by Crippen LogP contribution is 2.29. The van der Waals surface area contributed by atoms with E-state index in [1.807, 2.05) is 6.07 Å². The molecule has 0 spiro atoms. The molecule has 0 aliphatic carbocycles. The topological polar surface area (TPSA) is 142 Å². The molecule has 2 heterocycles. The van der Waals surface area contributed by atoms with E-state index in [1.54, 1.807) is 32.0 Å². The molecule has 162 valence electrons. The lowest BCUT2D eigenvalue weighted by Gasteiger charge is -2.25. The van der Waals surface area contributed by atoms with Crippen LogP contribution in [0.1, 0.15) is 29.5 Å². The molecule has 0 radical (unpaired) electrons. The minimum absolute atomic E-state index is 0.398. The average molecular weight is 426 g/mol. The zero-order chi connectivity index (χ0) is 22.7. The molecule has 10 heteroatoms. The van der Waals surface area contributed by atoms with Crippen LogP contribution in [0.5, 0.6) is 0 Å². The van der Waals surface area contributed by atoms with Crippen LogP contribution in [0.2, 0.25) is 0 Å². The first-order valence-electron chi connectivity index (χ1n) is 9.48. The van der Waals surface area contributed by atoms with Gasteiger partial charge >= 0.3 is 12.0 Å². The van der Waals surface area contributed by atoms with E-state index in [0.29, 0.717) is 17.0 Å². The first-order chi connectivity index (χ1) is 14.7. The van der Waals surface area contributed by atoms with Crippen molar-refractivity contribution in [3.63, 3.8) is 0 Å². The molecule has 3 rings (SSSR count). The van der Waals surface area contributed by atoms with Crippen LogP contribution >= 0.6 is 0 Å². The summed E-state index contributed by atoms with van der Waals surface area (Å²) >= 11 is 0. The van der Waals surface area contributed by atoms with Crippen LogP contribution in [0, 0.1) is 13.8 Å². The lowest BCUT2D eigenvalue weighted by Crippen LogP contribution is -2.55. The Bertz CT molecular complexity index is 1050. The Kier molecular flexibility index (Phi) is 6.19. The molecule has 1 aromatic carbocycles. The number of carboxylic acid groups (broad SMARTS) is 1. The molecule has 3 N–H and O–H groups in total. The van der Waals surface area contributed by atoms with Gasteiger partial charge in [0.1, 0.15) is 5.76 Å². The van der Waals surface area contributed by atoms with E-state index in [4.69, 9.17) is 4.52 Å². The molecule has 10 nitrogen and oxygen atoms in total. The number of urea groups is 1. The number of benzene rings is 1. The van der Waals surface area contributed by atoms with Crippen LogP contribution in [0.25, 0.3) is 11.1 Å². The minimum atomic E-state index is -1.37. The van der Waals surface area contributed by atoms with Crippen molar-refractivity contribution >= 4 is 23.7 Å². The number of nitrogens with one attached hydrogen (secondary N) is 2. The molecule has 2 atom stereocenters. The van der Waals surface area contributed by atoms with Gasteiger partial charge in [0.2, 0.25) is 0 Å². The van der Waals surface area contributed by atoms with Gasteiger partial charge in [-0.25, -0.2) is 4.79 Å². The first kappa shape index (κ1) is 21.8. The zero-order valence-corrected chi connectivity index (χ0v) is 17.2. The number of amides is 3. The fraction of sp³-hybridized carbons (Fsp3) is 0.286. The van der Waals surface area contributed by atoms with Crippen molar-refractivity contribution < 1.29 is 28.8 Å². The van der Waals surface area contributed by atoms with E-state index in [-0.39, 0.29) is 0 Å². The number of ketones is 1. The molecule has 1 aromatic heterocycles. The lowest BCUT2D eigenvalue weighted by molar-refractivity contribution is -0.138. The molecule has 0 fully saturated rings. The van der Waals surface area contributed by atoms with E-state index in [0.717, 1.165) is 11.1 Å². The summed E-state index contributed by atoms with van der Waals surface area (Å²) in [4.78, 5) is 49.2. The van der Waals surface area contributed by atoms with Crippen molar-refractivity contribution in [2.45, 2.75) is 32.4 Å². The van der Waals surface area contributed by atoms with Crippen molar-refractivity contribution in [2.75, 3.05) is 7.05 Å². The Morgan fingerprint density at radius 3 is 2.68 bits per heavy atom. The second-order valence-electron chi connectivity index (χ2n) is 7.19. The minimum Gasteiger partial charge on any atom is -0.481 e. The van der Waals surface area contributed by atoms with Crippen LogP contribution in [0.4, 0.5) is 4.79 Å². The maximum atomic E-state index is 12.5. The molecule has 2 unspecified atom stereocenters. The summed E-state index contributed by atoms with van der Waals surface area (Å²) in [6, 6.07) is 3.89. The fourth-order valence-corrected chi connectivity index (χ4v) is 3.38. The van der Waals surface area contributed by atoms with Crippen LogP contribution in [0.15, 0.2) is 41.1 Å². The van der Waals surface area contributed by atoms with Crippen molar-refractivity contribution in [3.05, 3.63) is 53.6 Å². The molecule has 2 aromatic rings. The maximum absolute atomic E-state index is 12.5. The van der Waals surface area contributed by atoms with Gasteiger partial charge in [-0.1, -0.05) is 23.4 Å². The number of carbonyl (C=O) groups excluding carboxylic acids is 3. The van der Waals surface area contributed by atoms with Crippen molar-refractivity contribution in [2.24, 2.45) is 0 Å². The standard InChI is InChI=1S/C21H22N4O6/c1-11-18(12(2)31-24-11)14-6-4-5-13(9-14)15(10-17(27)28)22-21(30)23-19-16(26)7-8-25(3)20(19)29/h4-9,15,19H,10H2,1-3H3,(H,27,28)(H2,22,23,30). The number of carboxylic acids is 1. The monoisotopic (exact) mass is 426 g/mol. The molecular formula is C21H22N4O6. The summed E-state index contributed by atoms with van der Waals surface area (Å²) in [7, 11) is 1.46. The molecule has 1 aliphatic rings. The van der Waals surface area contributed by atoms with Gasteiger partial charge in [-0.15, -0.1) is 0 Å². The second kappa shape index (κ2) is 8.82.